The van der Waals surface area contributed by atoms with Crippen LogP contribution in [0.1, 0.15) is 27.2 Å². The van der Waals surface area contributed by atoms with Gasteiger partial charge in [0.25, 0.3) is 5.91 Å². The molecule has 0 saturated heterocycles. The predicted octanol–water partition coefficient (Wildman–Crippen LogP) is 4.27. The SMILES string of the molecule is O=C(NCCc1ccc(Cl)cc1)c1cc(N2CCc3ccccc3C2)ccn1. The lowest BCUT2D eigenvalue weighted by Crippen LogP contribution is -2.31. The summed E-state index contributed by atoms with van der Waals surface area (Å²) in [7, 11) is 0. The Morgan fingerprint density at radius 2 is 1.86 bits per heavy atom. The minimum atomic E-state index is -0.145. The Morgan fingerprint density at radius 3 is 2.68 bits per heavy atom. The van der Waals surface area contributed by atoms with Gasteiger partial charge in [-0.15, -0.1) is 0 Å². The third-order valence-corrected chi connectivity index (χ3v) is 5.34. The molecule has 0 unspecified atom stereocenters. The fourth-order valence-electron chi connectivity index (χ4n) is 3.52. The Balaban J connectivity index is 1.38. The van der Waals surface area contributed by atoms with Crippen LogP contribution in [-0.4, -0.2) is 24.0 Å². The molecule has 0 aliphatic carbocycles. The van der Waals surface area contributed by atoms with Crippen LogP contribution in [0, 0.1) is 0 Å². The second kappa shape index (κ2) is 8.44. The second-order valence-electron chi connectivity index (χ2n) is 6.97. The van der Waals surface area contributed by atoms with Crippen molar-refractivity contribution in [3.05, 3.63) is 94.3 Å². The Hall–Kier alpha value is -2.85. The van der Waals surface area contributed by atoms with E-state index in [4.69, 9.17) is 11.6 Å². The maximum absolute atomic E-state index is 12.5. The first kappa shape index (κ1) is 18.5. The molecule has 2 aromatic carbocycles. The van der Waals surface area contributed by atoms with Crippen molar-refractivity contribution >= 4 is 23.2 Å². The zero-order chi connectivity index (χ0) is 19.3. The molecule has 4 rings (SSSR count). The van der Waals surface area contributed by atoms with Gasteiger partial charge in [0.05, 0.1) is 0 Å². The molecule has 4 nitrogen and oxygen atoms in total. The van der Waals surface area contributed by atoms with Crippen molar-refractivity contribution in [2.45, 2.75) is 19.4 Å². The number of hydrogen-bond acceptors (Lipinski definition) is 3. The van der Waals surface area contributed by atoms with Gasteiger partial charge in [0, 0.05) is 36.5 Å². The van der Waals surface area contributed by atoms with Crippen molar-refractivity contribution in [1.29, 1.82) is 0 Å². The summed E-state index contributed by atoms with van der Waals surface area (Å²) >= 11 is 5.90. The third kappa shape index (κ3) is 4.34. The number of anilines is 1. The lowest BCUT2D eigenvalue weighted by atomic mass is 9.99. The quantitative estimate of drug-likeness (QED) is 0.706. The minimum absolute atomic E-state index is 0.145. The lowest BCUT2D eigenvalue weighted by Gasteiger charge is -2.30. The number of carbonyl (C=O) groups excluding carboxylic acids is 1. The fraction of sp³-hybridized carbons (Fsp3) is 0.217. The normalized spacial score (nSPS) is 13.1. The molecule has 1 aliphatic heterocycles. The molecule has 0 saturated carbocycles. The molecule has 1 N–H and O–H groups in total. The average Bonchev–Trinajstić information content (AvgIpc) is 2.75. The van der Waals surface area contributed by atoms with Gasteiger partial charge in [-0.05, 0) is 53.8 Å². The fourth-order valence-corrected chi connectivity index (χ4v) is 3.64. The van der Waals surface area contributed by atoms with Crippen LogP contribution in [0.2, 0.25) is 5.02 Å². The van der Waals surface area contributed by atoms with Gasteiger partial charge >= 0.3 is 0 Å². The third-order valence-electron chi connectivity index (χ3n) is 5.08. The molecular formula is C23H22ClN3O. The summed E-state index contributed by atoms with van der Waals surface area (Å²) in [5, 5.41) is 3.67. The van der Waals surface area contributed by atoms with Crippen LogP contribution < -0.4 is 10.2 Å². The zero-order valence-electron chi connectivity index (χ0n) is 15.6. The molecular weight excluding hydrogens is 370 g/mol. The van der Waals surface area contributed by atoms with Crippen molar-refractivity contribution < 1.29 is 4.79 Å². The lowest BCUT2D eigenvalue weighted by molar-refractivity contribution is 0.0949. The van der Waals surface area contributed by atoms with Gasteiger partial charge in [-0.25, -0.2) is 0 Å². The largest absolute Gasteiger partial charge is 0.367 e. The van der Waals surface area contributed by atoms with E-state index in [0.717, 1.165) is 37.2 Å². The predicted molar refractivity (Wildman–Crippen MR) is 113 cm³/mol. The second-order valence-corrected chi connectivity index (χ2v) is 7.41. The summed E-state index contributed by atoms with van der Waals surface area (Å²) in [6, 6.07) is 20.1. The summed E-state index contributed by atoms with van der Waals surface area (Å²) in [6.07, 6.45) is 3.48. The molecule has 1 aliphatic rings. The van der Waals surface area contributed by atoms with Crippen LogP contribution in [0.25, 0.3) is 0 Å². The van der Waals surface area contributed by atoms with Crippen LogP contribution in [0.4, 0.5) is 5.69 Å². The molecule has 1 aromatic heterocycles. The van der Waals surface area contributed by atoms with Crippen LogP contribution >= 0.6 is 11.6 Å². The van der Waals surface area contributed by atoms with Crippen molar-refractivity contribution in [2.24, 2.45) is 0 Å². The van der Waals surface area contributed by atoms with E-state index in [1.54, 1.807) is 6.20 Å². The van der Waals surface area contributed by atoms with E-state index in [-0.39, 0.29) is 5.91 Å². The monoisotopic (exact) mass is 391 g/mol. The van der Waals surface area contributed by atoms with E-state index in [1.165, 1.54) is 11.1 Å². The molecule has 2 heterocycles. The summed E-state index contributed by atoms with van der Waals surface area (Å²) < 4.78 is 0. The minimum Gasteiger partial charge on any atom is -0.367 e. The molecule has 28 heavy (non-hydrogen) atoms. The van der Waals surface area contributed by atoms with Gasteiger partial charge in [0.15, 0.2) is 0 Å². The first-order chi connectivity index (χ1) is 13.7. The highest BCUT2D eigenvalue weighted by atomic mass is 35.5. The highest BCUT2D eigenvalue weighted by molar-refractivity contribution is 6.30. The molecule has 1 amide bonds. The van der Waals surface area contributed by atoms with Gasteiger partial charge in [-0.1, -0.05) is 48.0 Å². The van der Waals surface area contributed by atoms with E-state index < -0.39 is 0 Å². The number of nitrogens with zero attached hydrogens (tertiary/aromatic N) is 2. The molecule has 0 radical (unpaired) electrons. The number of halogens is 1. The zero-order valence-corrected chi connectivity index (χ0v) is 16.3. The number of fused-ring (bicyclic) bond motifs is 1. The highest BCUT2D eigenvalue weighted by Gasteiger charge is 2.17. The average molecular weight is 392 g/mol. The molecule has 5 heteroatoms. The number of amides is 1. The summed E-state index contributed by atoms with van der Waals surface area (Å²) in [6.45, 7) is 2.36. The first-order valence-electron chi connectivity index (χ1n) is 9.49. The number of pyridine rings is 1. The summed E-state index contributed by atoms with van der Waals surface area (Å²) in [5.74, 6) is -0.145. The topological polar surface area (TPSA) is 45.2 Å². The number of benzene rings is 2. The van der Waals surface area contributed by atoms with Crippen LogP contribution in [0.15, 0.2) is 66.9 Å². The molecule has 0 bridgehead atoms. The molecule has 0 atom stereocenters. The Labute approximate surface area is 170 Å². The standard InChI is InChI=1S/C23H22ClN3O/c24-20-7-5-17(6-8-20)9-12-26-23(28)22-15-21(10-13-25-22)27-14-11-18-3-1-2-4-19(18)16-27/h1-8,10,13,15H,9,11-12,14,16H2,(H,26,28). The number of rotatable bonds is 5. The Kier molecular flexibility index (Phi) is 5.58. The first-order valence-corrected chi connectivity index (χ1v) is 9.87. The number of hydrogen-bond donors (Lipinski definition) is 1. The van der Waals surface area contributed by atoms with Crippen molar-refractivity contribution in [1.82, 2.24) is 10.3 Å². The Morgan fingerprint density at radius 1 is 1.07 bits per heavy atom. The molecule has 0 spiro atoms. The molecule has 0 fully saturated rings. The van der Waals surface area contributed by atoms with Crippen molar-refractivity contribution in [3.63, 3.8) is 0 Å². The molecule has 142 valence electrons. The van der Waals surface area contributed by atoms with Gasteiger partial charge in [-0.3, -0.25) is 9.78 Å². The number of nitrogens with one attached hydrogen (secondary N) is 1. The highest BCUT2D eigenvalue weighted by Crippen LogP contribution is 2.24. The van der Waals surface area contributed by atoms with Crippen molar-refractivity contribution in [3.8, 4) is 0 Å². The maximum Gasteiger partial charge on any atom is 0.269 e. The number of carbonyl (C=O) groups is 1. The van der Waals surface area contributed by atoms with E-state index in [0.29, 0.717) is 17.3 Å². The Bertz CT molecular complexity index is 972. The van der Waals surface area contributed by atoms with E-state index in [1.807, 2.05) is 36.4 Å². The maximum atomic E-state index is 12.5. The van der Waals surface area contributed by atoms with E-state index >= 15 is 0 Å². The van der Waals surface area contributed by atoms with Gasteiger partial charge in [0.1, 0.15) is 5.69 Å². The van der Waals surface area contributed by atoms with Gasteiger partial charge in [0.2, 0.25) is 0 Å². The number of aromatic nitrogens is 1. The van der Waals surface area contributed by atoms with Gasteiger partial charge in [-0.2, -0.15) is 0 Å². The van der Waals surface area contributed by atoms with E-state index in [9.17, 15) is 4.79 Å². The van der Waals surface area contributed by atoms with Gasteiger partial charge < -0.3 is 10.2 Å². The smallest absolute Gasteiger partial charge is 0.269 e. The van der Waals surface area contributed by atoms with Crippen LogP contribution in [0.5, 0.6) is 0 Å². The van der Waals surface area contributed by atoms with Crippen molar-refractivity contribution in [2.75, 3.05) is 18.0 Å². The van der Waals surface area contributed by atoms with Crippen LogP contribution in [-0.2, 0) is 19.4 Å². The van der Waals surface area contributed by atoms with E-state index in [2.05, 4.69) is 39.5 Å². The summed E-state index contributed by atoms with van der Waals surface area (Å²) in [5.41, 5.74) is 5.38. The summed E-state index contributed by atoms with van der Waals surface area (Å²) in [4.78, 5) is 19.1. The molecule has 3 aromatic rings. The van der Waals surface area contributed by atoms with Crippen LogP contribution in [0.3, 0.4) is 0 Å².